The molecule has 1 aromatic rings. The molecule has 4 nitrogen and oxygen atoms in total. The Kier molecular flexibility index (Phi) is 4.64. The average Bonchev–Trinajstić information content (AvgIpc) is 2.29. The minimum absolute atomic E-state index is 0.161. The minimum Gasteiger partial charge on any atom is -0.496 e. The predicted octanol–water partition coefficient (Wildman–Crippen LogP) is 1.48. The summed E-state index contributed by atoms with van der Waals surface area (Å²) in [7, 11) is 3.25. The smallest absolute Gasteiger partial charge is 0.314 e. The van der Waals surface area contributed by atoms with Crippen LogP contribution in [0.5, 0.6) is 5.75 Å². The number of hydrogen-bond acceptors (Lipinski definition) is 2. The van der Waals surface area contributed by atoms with Crippen molar-refractivity contribution in [3.05, 3.63) is 29.3 Å². The molecule has 0 aliphatic rings. The highest BCUT2D eigenvalue weighted by Gasteiger charge is 2.03. The summed E-state index contributed by atoms with van der Waals surface area (Å²) in [5.74, 6) is 0.865. The number of rotatable bonds is 4. The summed E-state index contributed by atoms with van der Waals surface area (Å²) < 4.78 is 5.26. The quantitative estimate of drug-likeness (QED) is 0.810. The highest BCUT2D eigenvalue weighted by molar-refractivity contribution is 5.73. The van der Waals surface area contributed by atoms with Crippen LogP contribution < -0.4 is 15.4 Å². The zero-order chi connectivity index (χ0) is 12.0. The number of amides is 2. The number of ether oxygens (including phenoxy) is 1. The molecule has 1 rings (SSSR count). The molecule has 0 atom stereocenters. The van der Waals surface area contributed by atoms with Gasteiger partial charge in [0.2, 0.25) is 0 Å². The van der Waals surface area contributed by atoms with Crippen LogP contribution in [0.15, 0.2) is 18.2 Å². The Hall–Kier alpha value is -1.71. The normalized spacial score (nSPS) is 9.69. The summed E-state index contributed by atoms with van der Waals surface area (Å²) in [4.78, 5) is 11.0. The van der Waals surface area contributed by atoms with E-state index in [-0.39, 0.29) is 6.03 Å². The van der Waals surface area contributed by atoms with Gasteiger partial charge in [0.1, 0.15) is 5.75 Å². The number of carbonyl (C=O) groups is 1. The van der Waals surface area contributed by atoms with Gasteiger partial charge in [-0.1, -0.05) is 17.7 Å². The Bertz CT molecular complexity index is 364. The third-order valence-corrected chi connectivity index (χ3v) is 2.34. The highest BCUT2D eigenvalue weighted by Crippen LogP contribution is 2.19. The molecule has 2 amide bonds. The summed E-state index contributed by atoms with van der Waals surface area (Å²) in [6, 6.07) is 5.87. The molecule has 0 aromatic heterocycles. The van der Waals surface area contributed by atoms with Crippen LogP contribution in [-0.2, 0) is 6.42 Å². The first-order valence-electron chi connectivity index (χ1n) is 5.26. The minimum atomic E-state index is -0.161. The van der Waals surface area contributed by atoms with E-state index in [0.29, 0.717) is 6.54 Å². The summed E-state index contributed by atoms with van der Waals surface area (Å²) in [6.07, 6.45) is 0.762. The summed E-state index contributed by atoms with van der Waals surface area (Å²) in [5, 5.41) is 5.26. The lowest BCUT2D eigenvalue weighted by molar-refractivity contribution is 0.243. The van der Waals surface area contributed by atoms with E-state index in [2.05, 4.69) is 16.7 Å². The summed E-state index contributed by atoms with van der Waals surface area (Å²) >= 11 is 0. The van der Waals surface area contributed by atoms with Crippen molar-refractivity contribution in [2.75, 3.05) is 20.7 Å². The van der Waals surface area contributed by atoms with Gasteiger partial charge in [0.15, 0.2) is 0 Å². The van der Waals surface area contributed by atoms with Crippen LogP contribution >= 0.6 is 0 Å². The third-order valence-electron chi connectivity index (χ3n) is 2.34. The van der Waals surface area contributed by atoms with Crippen molar-refractivity contribution < 1.29 is 9.53 Å². The third kappa shape index (κ3) is 3.46. The van der Waals surface area contributed by atoms with Gasteiger partial charge in [-0.3, -0.25) is 0 Å². The molecule has 0 radical (unpaired) electrons. The molecule has 0 saturated heterocycles. The number of benzene rings is 1. The first-order chi connectivity index (χ1) is 7.67. The van der Waals surface area contributed by atoms with Crippen molar-refractivity contribution in [1.82, 2.24) is 10.6 Å². The summed E-state index contributed by atoms with van der Waals surface area (Å²) in [6.45, 7) is 2.63. The second-order valence-electron chi connectivity index (χ2n) is 3.57. The van der Waals surface area contributed by atoms with E-state index < -0.39 is 0 Å². The molecule has 2 N–H and O–H groups in total. The lowest BCUT2D eigenvalue weighted by atomic mass is 10.1. The number of urea groups is 1. The first kappa shape index (κ1) is 12.4. The molecule has 0 spiro atoms. The largest absolute Gasteiger partial charge is 0.496 e. The molecule has 16 heavy (non-hydrogen) atoms. The topological polar surface area (TPSA) is 50.4 Å². The maximum absolute atomic E-state index is 11.0. The fraction of sp³-hybridized carbons (Fsp3) is 0.417. The second-order valence-corrected chi connectivity index (χ2v) is 3.57. The monoisotopic (exact) mass is 222 g/mol. The molecule has 0 saturated carbocycles. The van der Waals surface area contributed by atoms with Gasteiger partial charge < -0.3 is 15.4 Å². The molecular formula is C12H18N2O2. The van der Waals surface area contributed by atoms with Crippen molar-refractivity contribution >= 4 is 6.03 Å². The summed E-state index contributed by atoms with van der Waals surface area (Å²) in [5.41, 5.74) is 2.30. The highest BCUT2D eigenvalue weighted by atomic mass is 16.5. The first-order valence-corrected chi connectivity index (χ1v) is 5.26. The number of carbonyl (C=O) groups excluding carboxylic acids is 1. The Morgan fingerprint density at radius 2 is 2.19 bits per heavy atom. The predicted molar refractivity (Wildman–Crippen MR) is 63.9 cm³/mol. The standard InChI is InChI=1S/C12H18N2O2/c1-9-4-5-11(16-3)10(8-9)6-7-14-12(15)13-2/h4-5,8H,6-7H2,1-3H3,(H2,13,14,15). The average molecular weight is 222 g/mol. The van der Waals surface area contributed by atoms with Gasteiger partial charge in [0.25, 0.3) is 0 Å². The van der Waals surface area contributed by atoms with Gasteiger partial charge in [0.05, 0.1) is 7.11 Å². The van der Waals surface area contributed by atoms with Gasteiger partial charge in [-0.15, -0.1) is 0 Å². The molecule has 4 heteroatoms. The number of aryl methyl sites for hydroxylation is 1. The van der Waals surface area contributed by atoms with Crippen LogP contribution in [0.1, 0.15) is 11.1 Å². The van der Waals surface area contributed by atoms with E-state index in [1.807, 2.05) is 19.1 Å². The maximum Gasteiger partial charge on any atom is 0.314 e. The molecule has 88 valence electrons. The van der Waals surface area contributed by atoms with E-state index in [9.17, 15) is 4.79 Å². The Morgan fingerprint density at radius 1 is 1.44 bits per heavy atom. The Morgan fingerprint density at radius 3 is 2.81 bits per heavy atom. The molecule has 0 bridgehead atoms. The SMILES string of the molecule is CNC(=O)NCCc1cc(C)ccc1OC. The van der Waals surface area contributed by atoms with Crippen LogP contribution in [0.3, 0.4) is 0 Å². The lowest BCUT2D eigenvalue weighted by Gasteiger charge is -2.10. The molecular weight excluding hydrogens is 204 g/mol. The maximum atomic E-state index is 11.0. The molecule has 0 heterocycles. The lowest BCUT2D eigenvalue weighted by Crippen LogP contribution is -2.34. The second kappa shape index (κ2) is 6.00. The van der Waals surface area contributed by atoms with E-state index in [4.69, 9.17) is 4.74 Å². The molecule has 0 unspecified atom stereocenters. The van der Waals surface area contributed by atoms with Crippen LogP contribution in [0, 0.1) is 6.92 Å². The van der Waals surface area contributed by atoms with Gasteiger partial charge in [-0.2, -0.15) is 0 Å². The Balaban J connectivity index is 2.58. The van der Waals surface area contributed by atoms with Crippen LogP contribution in [-0.4, -0.2) is 26.7 Å². The van der Waals surface area contributed by atoms with E-state index in [0.717, 1.165) is 17.7 Å². The van der Waals surface area contributed by atoms with Crippen molar-refractivity contribution in [2.24, 2.45) is 0 Å². The Labute approximate surface area is 96.0 Å². The zero-order valence-electron chi connectivity index (χ0n) is 9.96. The van der Waals surface area contributed by atoms with Gasteiger partial charge in [-0.05, 0) is 25.0 Å². The van der Waals surface area contributed by atoms with E-state index in [1.165, 1.54) is 5.56 Å². The van der Waals surface area contributed by atoms with Crippen LogP contribution in [0.2, 0.25) is 0 Å². The van der Waals surface area contributed by atoms with Crippen molar-refractivity contribution in [1.29, 1.82) is 0 Å². The number of hydrogen-bond donors (Lipinski definition) is 2. The van der Waals surface area contributed by atoms with Crippen molar-refractivity contribution in [3.63, 3.8) is 0 Å². The fourth-order valence-electron chi connectivity index (χ4n) is 1.50. The molecule has 0 aliphatic heterocycles. The molecule has 0 aliphatic carbocycles. The van der Waals surface area contributed by atoms with E-state index >= 15 is 0 Å². The number of nitrogens with one attached hydrogen (secondary N) is 2. The fourth-order valence-corrected chi connectivity index (χ4v) is 1.50. The van der Waals surface area contributed by atoms with Crippen LogP contribution in [0.4, 0.5) is 4.79 Å². The van der Waals surface area contributed by atoms with Gasteiger partial charge in [-0.25, -0.2) is 4.79 Å². The van der Waals surface area contributed by atoms with Gasteiger partial charge >= 0.3 is 6.03 Å². The zero-order valence-corrected chi connectivity index (χ0v) is 9.96. The molecule has 0 fully saturated rings. The van der Waals surface area contributed by atoms with Gasteiger partial charge in [0, 0.05) is 13.6 Å². The van der Waals surface area contributed by atoms with Crippen LogP contribution in [0.25, 0.3) is 0 Å². The number of methoxy groups -OCH3 is 1. The van der Waals surface area contributed by atoms with Crippen molar-refractivity contribution in [2.45, 2.75) is 13.3 Å². The van der Waals surface area contributed by atoms with E-state index in [1.54, 1.807) is 14.2 Å². The van der Waals surface area contributed by atoms with Crippen molar-refractivity contribution in [3.8, 4) is 5.75 Å². The molecule has 1 aromatic carbocycles.